The summed E-state index contributed by atoms with van der Waals surface area (Å²) in [6.07, 6.45) is 8.09. The monoisotopic (exact) mass is 273 g/mol. The summed E-state index contributed by atoms with van der Waals surface area (Å²) >= 11 is 0. The average molecular weight is 273 g/mol. The van der Waals surface area contributed by atoms with E-state index in [0.29, 0.717) is 0 Å². The molecule has 2 rings (SSSR count). The van der Waals surface area contributed by atoms with Gasteiger partial charge in [-0.25, -0.2) is 0 Å². The van der Waals surface area contributed by atoms with Crippen LogP contribution in [0.25, 0.3) is 0 Å². The highest BCUT2D eigenvalue weighted by atomic mass is 14.9. The molecule has 20 heavy (non-hydrogen) atoms. The fourth-order valence-electron chi connectivity index (χ4n) is 3.26. The summed E-state index contributed by atoms with van der Waals surface area (Å²) in [5, 5.41) is 3.79. The summed E-state index contributed by atoms with van der Waals surface area (Å²) in [4.78, 5) is 0. The summed E-state index contributed by atoms with van der Waals surface area (Å²) in [5.74, 6) is 1.68. The van der Waals surface area contributed by atoms with E-state index in [1.165, 1.54) is 50.6 Å². The van der Waals surface area contributed by atoms with Gasteiger partial charge in [0.2, 0.25) is 0 Å². The molecule has 1 aromatic carbocycles. The Kier molecular flexibility index (Phi) is 6.09. The maximum atomic E-state index is 3.79. The van der Waals surface area contributed by atoms with Gasteiger partial charge in [-0.3, -0.25) is 0 Å². The number of nitrogens with one attached hydrogen (secondary N) is 1. The van der Waals surface area contributed by atoms with Crippen molar-refractivity contribution in [1.29, 1.82) is 0 Å². The van der Waals surface area contributed by atoms with Gasteiger partial charge in [0, 0.05) is 6.04 Å². The molecule has 0 saturated heterocycles. The summed E-state index contributed by atoms with van der Waals surface area (Å²) in [5.41, 5.74) is 2.94. The standard InChI is InChI=1S/C19H31N/c1-4-6-9-16(5-2)14-20-19-12-18(13-19)17-10-7-8-15(3)11-17/h7-8,10-11,16,18-20H,4-6,9,12-14H2,1-3H3. The first-order valence-electron chi connectivity index (χ1n) is 8.52. The zero-order chi connectivity index (χ0) is 14.4. The molecule has 1 atom stereocenters. The first-order valence-corrected chi connectivity index (χ1v) is 8.52. The minimum Gasteiger partial charge on any atom is -0.314 e. The van der Waals surface area contributed by atoms with E-state index in [1.54, 1.807) is 5.56 Å². The van der Waals surface area contributed by atoms with Crippen LogP contribution in [0.1, 0.15) is 69.4 Å². The normalized spacial score (nSPS) is 23.4. The lowest BCUT2D eigenvalue weighted by molar-refractivity contribution is 0.269. The smallest absolute Gasteiger partial charge is 0.00788 e. The molecule has 0 aliphatic heterocycles. The zero-order valence-electron chi connectivity index (χ0n) is 13.5. The van der Waals surface area contributed by atoms with E-state index >= 15 is 0 Å². The molecular weight excluding hydrogens is 242 g/mol. The quantitative estimate of drug-likeness (QED) is 0.699. The number of rotatable bonds is 8. The van der Waals surface area contributed by atoms with Crippen molar-refractivity contribution in [3.05, 3.63) is 35.4 Å². The van der Waals surface area contributed by atoms with Crippen molar-refractivity contribution < 1.29 is 0 Å². The van der Waals surface area contributed by atoms with E-state index in [2.05, 4.69) is 50.4 Å². The van der Waals surface area contributed by atoms with Gasteiger partial charge in [0.15, 0.2) is 0 Å². The minimum atomic E-state index is 0.760. The summed E-state index contributed by atoms with van der Waals surface area (Å²) in [6.45, 7) is 8.04. The molecule has 0 radical (unpaired) electrons. The fraction of sp³-hybridized carbons (Fsp3) is 0.684. The van der Waals surface area contributed by atoms with E-state index < -0.39 is 0 Å². The predicted octanol–water partition coefficient (Wildman–Crippen LogP) is 5.05. The lowest BCUT2D eigenvalue weighted by Gasteiger charge is -2.37. The molecule has 112 valence electrons. The minimum absolute atomic E-state index is 0.760. The van der Waals surface area contributed by atoms with Gasteiger partial charge in [0.25, 0.3) is 0 Å². The number of unbranched alkanes of at least 4 members (excludes halogenated alkanes) is 1. The lowest BCUT2D eigenvalue weighted by atomic mass is 9.75. The maximum Gasteiger partial charge on any atom is 0.00788 e. The molecule has 1 aliphatic rings. The number of aryl methyl sites for hydroxylation is 1. The Bertz CT molecular complexity index is 393. The van der Waals surface area contributed by atoms with Gasteiger partial charge in [-0.05, 0) is 50.1 Å². The van der Waals surface area contributed by atoms with Crippen LogP contribution in [0.15, 0.2) is 24.3 Å². The highest BCUT2D eigenvalue weighted by Crippen LogP contribution is 2.37. The molecule has 1 fully saturated rings. The van der Waals surface area contributed by atoms with E-state index in [9.17, 15) is 0 Å². The van der Waals surface area contributed by atoms with Crippen LogP contribution in [0.4, 0.5) is 0 Å². The van der Waals surface area contributed by atoms with Crippen LogP contribution >= 0.6 is 0 Å². The van der Waals surface area contributed by atoms with Crippen molar-refractivity contribution in [2.24, 2.45) is 5.92 Å². The third-order valence-electron chi connectivity index (χ3n) is 4.89. The number of hydrogen-bond acceptors (Lipinski definition) is 1. The first kappa shape index (κ1) is 15.6. The van der Waals surface area contributed by atoms with E-state index in [-0.39, 0.29) is 0 Å². The van der Waals surface area contributed by atoms with Crippen molar-refractivity contribution in [3.8, 4) is 0 Å². The highest BCUT2D eigenvalue weighted by Gasteiger charge is 2.30. The molecule has 1 aromatic rings. The molecule has 1 heteroatoms. The van der Waals surface area contributed by atoms with Crippen molar-refractivity contribution in [3.63, 3.8) is 0 Å². The fourth-order valence-corrected chi connectivity index (χ4v) is 3.26. The molecular formula is C19H31N. The third kappa shape index (κ3) is 4.34. The molecule has 1 unspecified atom stereocenters. The molecule has 0 amide bonds. The summed E-state index contributed by atoms with van der Waals surface area (Å²) in [7, 11) is 0. The molecule has 1 aliphatic carbocycles. The van der Waals surface area contributed by atoms with Crippen LogP contribution in [-0.2, 0) is 0 Å². The molecule has 0 bridgehead atoms. The van der Waals surface area contributed by atoms with Crippen molar-refractivity contribution >= 4 is 0 Å². The molecule has 1 saturated carbocycles. The molecule has 0 heterocycles. The highest BCUT2D eigenvalue weighted by molar-refractivity contribution is 5.27. The predicted molar refractivity (Wildman–Crippen MR) is 88.3 cm³/mol. The molecule has 1 nitrogen and oxygen atoms in total. The average Bonchev–Trinajstić information content (AvgIpc) is 2.40. The molecule has 0 spiro atoms. The maximum absolute atomic E-state index is 3.79. The van der Waals surface area contributed by atoms with Crippen LogP contribution in [0.2, 0.25) is 0 Å². The molecule has 1 N–H and O–H groups in total. The van der Waals surface area contributed by atoms with Gasteiger partial charge in [0.1, 0.15) is 0 Å². The van der Waals surface area contributed by atoms with Gasteiger partial charge >= 0.3 is 0 Å². The Hall–Kier alpha value is -0.820. The second kappa shape index (κ2) is 7.83. The van der Waals surface area contributed by atoms with Gasteiger partial charge in [-0.2, -0.15) is 0 Å². The zero-order valence-corrected chi connectivity index (χ0v) is 13.5. The topological polar surface area (TPSA) is 12.0 Å². The van der Waals surface area contributed by atoms with Gasteiger partial charge in [0.05, 0.1) is 0 Å². The van der Waals surface area contributed by atoms with Gasteiger partial charge in [-0.1, -0.05) is 62.9 Å². The van der Waals surface area contributed by atoms with E-state index in [1.807, 2.05) is 0 Å². The van der Waals surface area contributed by atoms with Crippen LogP contribution < -0.4 is 5.32 Å². The summed E-state index contributed by atoms with van der Waals surface area (Å²) in [6, 6.07) is 9.80. The first-order chi connectivity index (χ1) is 9.72. The largest absolute Gasteiger partial charge is 0.314 e. The Labute approximate surface area is 125 Å². The second-order valence-corrected chi connectivity index (χ2v) is 6.60. The van der Waals surface area contributed by atoms with Crippen LogP contribution in [0.3, 0.4) is 0 Å². The second-order valence-electron chi connectivity index (χ2n) is 6.60. The van der Waals surface area contributed by atoms with Crippen LogP contribution in [-0.4, -0.2) is 12.6 Å². The van der Waals surface area contributed by atoms with Crippen LogP contribution in [0.5, 0.6) is 0 Å². The van der Waals surface area contributed by atoms with Gasteiger partial charge in [-0.15, -0.1) is 0 Å². The van der Waals surface area contributed by atoms with E-state index in [4.69, 9.17) is 0 Å². The molecule has 0 aromatic heterocycles. The Morgan fingerprint density at radius 2 is 2.05 bits per heavy atom. The van der Waals surface area contributed by atoms with Crippen molar-refractivity contribution in [1.82, 2.24) is 5.32 Å². The Balaban J connectivity index is 1.68. The SMILES string of the molecule is CCCCC(CC)CNC1CC(c2cccc(C)c2)C1. The third-order valence-corrected chi connectivity index (χ3v) is 4.89. The van der Waals surface area contributed by atoms with Gasteiger partial charge < -0.3 is 5.32 Å². The number of hydrogen-bond donors (Lipinski definition) is 1. The number of benzene rings is 1. The Morgan fingerprint density at radius 3 is 2.70 bits per heavy atom. The van der Waals surface area contributed by atoms with Crippen molar-refractivity contribution in [2.75, 3.05) is 6.54 Å². The van der Waals surface area contributed by atoms with Crippen molar-refractivity contribution in [2.45, 2.75) is 71.3 Å². The van der Waals surface area contributed by atoms with Crippen LogP contribution in [0, 0.1) is 12.8 Å². The summed E-state index contributed by atoms with van der Waals surface area (Å²) < 4.78 is 0. The van der Waals surface area contributed by atoms with E-state index in [0.717, 1.165) is 17.9 Å². The Morgan fingerprint density at radius 1 is 1.25 bits per heavy atom. The lowest BCUT2D eigenvalue weighted by Crippen LogP contribution is -2.42.